The minimum Gasteiger partial charge on any atom is -0.465 e. The number of halogens is 6. The average Bonchev–Trinajstić information content (AvgIpc) is 3.29. The zero-order valence-corrected chi connectivity index (χ0v) is 21.5. The van der Waals surface area contributed by atoms with E-state index >= 15 is 8.78 Å². The second kappa shape index (κ2) is 11.7. The van der Waals surface area contributed by atoms with Crippen LogP contribution in [0.4, 0.5) is 26.3 Å². The van der Waals surface area contributed by atoms with Gasteiger partial charge in [-0.1, -0.05) is 6.07 Å². The van der Waals surface area contributed by atoms with Gasteiger partial charge < -0.3 is 9.64 Å². The zero-order valence-electron chi connectivity index (χ0n) is 21.5. The van der Waals surface area contributed by atoms with Crippen LogP contribution >= 0.6 is 0 Å². The van der Waals surface area contributed by atoms with Crippen LogP contribution in [-0.2, 0) is 17.6 Å². The number of ether oxygens (including phenoxy) is 1. The fraction of sp³-hybridized carbons (Fsp3) is 0.536. The maximum Gasteiger partial charge on any atom is 0.401 e. The zero-order chi connectivity index (χ0) is 27.6. The Balaban J connectivity index is 1.68. The lowest BCUT2D eigenvalue weighted by molar-refractivity contribution is -0.155. The van der Waals surface area contributed by atoms with Crippen molar-refractivity contribution in [3.05, 3.63) is 69.8 Å². The Morgan fingerprint density at radius 3 is 2.47 bits per heavy atom. The summed E-state index contributed by atoms with van der Waals surface area (Å²) in [5.74, 6) is -2.25. The Morgan fingerprint density at radius 2 is 1.84 bits per heavy atom. The largest absolute Gasteiger partial charge is 0.465 e. The molecule has 10 heteroatoms. The van der Waals surface area contributed by atoms with Gasteiger partial charge in [0.05, 0.1) is 31.9 Å². The van der Waals surface area contributed by atoms with Crippen molar-refractivity contribution >= 4 is 5.97 Å². The molecule has 0 unspecified atom stereocenters. The van der Waals surface area contributed by atoms with Crippen molar-refractivity contribution in [2.75, 3.05) is 40.0 Å². The van der Waals surface area contributed by atoms with Crippen molar-refractivity contribution in [1.82, 2.24) is 9.80 Å². The fourth-order valence-electron chi connectivity index (χ4n) is 5.85. The summed E-state index contributed by atoms with van der Waals surface area (Å²) in [6, 6.07) is 4.80. The number of hydrogen-bond donors (Lipinski definition) is 0. The molecule has 1 saturated heterocycles. The van der Waals surface area contributed by atoms with Gasteiger partial charge in [0.1, 0.15) is 11.6 Å². The highest BCUT2D eigenvalue weighted by atomic mass is 19.4. The minimum absolute atomic E-state index is 0.160. The molecule has 0 radical (unpaired) electrons. The summed E-state index contributed by atoms with van der Waals surface area (Å²) >= 11 is 0. The summed E-state index contributed by atoms with van der Waals surface area (Å²) in [7, 11) is 1.22. The average molecular weight is 543 g/mol. The van der Waals surface area contributed by atoms with E-state index in [1.807, 2.05) is 0 Å². The van der Waals surface area contributed by atoms with Gasteiger partial charge in [0.25, 0.3) is 0 Å². The SMILES string of the molecule is COC(=O)c1ccc2c(c1)C[C@@H](C)N(CC(F)(F)F)[C@@H]2c1c(F)cc(C[C@H]2CCN(CCCF)C2)cc1F. The van der Waals surface area contributed by atoms with Gasteiger partial charge >= 0.3 is 12.1 Å². The fourth-order valence-corrected chi connectivity index (χ4v) is 5.85. The van der Waals surface area contributed by atoms with Gasteiger partial charge in [-0.25, -0.2) is 13.6 Å². The van der Waals surface area contributed by atoms with Crippen LogP contribution in [0.25, 0.3) is 0 Å². The molecular formula is C28H32F6N2O2. The molecule has 4 rings (SSSR count). The van der Waals surface area contributed by atoms with E-state index < -0.39 is 54.6 Å². The summed E-state index contributed by atoms with van der Waals surface area (Å²) in [6.45, 7) is 1.99. The van der Waals surface area contributed by atoms with E-state index in [0.717, 1.165) is 17.9 Å². The van der Waals surface area contributed by atoms with E-state index in [9.17, 15) is 22.4 Å². The Kier molecular flexibility index (Phi) is 8.72. The van der Waals surface area contributed by atoms with Crippen LogP contribution in [0.15, 0.2) is 30.3 Å². The number of rotatable bonds is 8. The number of carbonyl (C=O) groups is 1. The normalized spacial score (nSPS) is 22.5. The highest BCUT2D eigenvalue weighted by Gasteiger charge is 2.42. The summed E-state index contributed by atoms with van der Waals surface area (Å²) in [6.07, 6.45) is -2.71. The molecule has 2 aliphatic heterocycles. The highest BCUT2D eigenvalue weighted by molar-refractivity contribution is 5.89. The highest BCUT2D eigenvalue weighted by Crippen LogP contribution is 2.42. The lowest BCUT2D eigenvalue weighted by atomic mass is 9.83. The van der Waals surface area contributed by atoms with Gasteiger partial charge in [0.2, 0.25) is 0 Å². The Hall–Kier alpha value is -2.59. The number of alkyl halides is 4. The van der Waals surface area contributed by atoms with Crippen molar-refractivity contribution < 1.29 is 35.9 Å². The number of esters is 1. The number of nitrogens with zero attached hydrogens (tertiary/aromatic N) is 2. The molecule has 0 aliphatic carbocycles. The predicted molar refractivity (Wildman–Crippen MR) is 131 cm³/mol. The van der Waals surface area contributed by atoms with Gasteiger partial charge in [-0.05, 0) is 86.0 Å². The van der Waals surface area contributed by atoms with Gasteiger partial charge in [-0.15, -0.1) is 0 Å². The summed E-state index contributed by atoms with van der Waals surface area (Å²) in [5.41, 5.74) is 1.09. The predicted octanol–water partition coefficient (Wildman–Crippen LogP) is 5.87. The monoisotopic (exact) mass is 542 g/mol. The third kappa shape index (κ3) is 6.34. The molecule has 208 valence electrons. The molecule has 2 heterocycles. The minimum atomic E-state index is -4.58. The molecule has 1 fully saturated rings. The lowest BCUT2D eigenvalue weighted by Crippen LogP contribution is -2.47. The Bertz CT molecular complexity index is 1130. The maximum atomic E-state index is 15.6. The van der Waals surface area contributed by atoms with Gasteiger partial charge in [-0.3, -0.25) is 9.29 Å². The molecule has 0 amide bonds. The molecule has 0 saturated carbocycles. The summed E-state index contributed by atoms with van der Waals surface area (Å²) in [4.78, 5) is 15.2. The maximum absolute atomic E-state index is 15.6. The van der Waals surface area contributed by atoms with E-state index in [2.05, 4.69) is 4.90 Å². The van der Waals surface area contributed by atoms with Crippen LogP contribution in [0.3, 0.4) is 0 Å². The molecule has 2 aromatic carbocycles. The van der Waals surface area contributed by atoms with Gasteiger partial charge in [0.15, 0.2) is 0 Å². The molecule has 2 aliphatic rings. The van der Waals surface area contributed by atoms with E-state index in [0.29, 0.717) is 42.6 Å². The molecule has 4 nitrogen and oxygen atoms in total. The van der Waals surface area contributed by atoms with Gasteiger partial charge in [-0.2, -0.15) is 13.2 Å². The summed E-state index contributed by atoms with van der Waals surface area (Å²) < 4.78 is 89.2. The van der Waals surface area contributed by atoms with E-state index in [1.165, 1.54) is 37.4 Å². The molecule has 0 aromatic heterocycles. The molecule has 0 N–H and O–H groups in total. The first-order valence-electron chi connectivity index (χ1n) is 12.8. The molecular weight excluding hydrogens is 510 g/mol. The number of hydrogen-bond acceptors (Lipinski definition) is 4. The lowest BCUT2D eigenvalue weighted by Gasteiger charge is -2.42. The van der Waals surface area contributed by atoms with E-state index in [4.69, 9.17) is 4.74 Å². The van der Waals surface area contributed by atoms with Crippen LogP contribution in [0.5, 0.6) is 0 Å². The number of benzene rings is 2. The first kappa shape index (κ1) is 28.4. The second-order valence-corrected chi connectivity index (χ2v) is 10.3. The molecule has 38 heavy (non-hydrogen) atoms. The van der Waals surface area contributed by atoms with Crippen LogP contribution < -0.4 is 0 Å². The van der Waals surface area contributed by atoms with Gasteiger partial charge in [0, 0.05) is 24.7 Å². The molecule has 0 spiro atoms. The van der Waals surface area contributed by atoms with Crippen LogP contribution in [0.1, 0.15) is 58.4 Å². The quantitative estimate of drug-likeness (QED) is 0.309. The number of fused-ring (bicyclic) bond motifs is 1. The van der Waals surface area contributed by atoms with Crippen LogP contribution in [-0.4, -0.2) is 68.0 Å². The standard InChI is InChI=1S/C28H32F6N2O2/c1-17-10-21-14-20(27(37)38-2)4-5-22(21)26(36(17)16-28(32,33)34)25-23(30)12-19(13-24(25)31)11-18-6-9-35(15-18)8-3-7-29/h4-5,12-14,17-18,26H,3,6-11,15-16H2,1-2H3/t17-,18-,26+/m1/s1. The first-order chi connectivity index (χ1) is 18.0. The van der Waals surface area contributed by atoms with Crippen LogP contribution in [0.2, 0.25) is 0 Å². The van der Waals surface area contributed by atoms with Crippen molar-refractivity contribution in [3.63, 3.8) is 0 Å². The Labute approximate surface area is 218 Å². The smallest absolute Gasteiger partial charge is 0.401 e. The van der Waals surface area contributed by atoms with Crippen LogP contribution in [0, 0.1) is 17.6 Å². The third-order valence-electron chi connectivity index (χ3n) is 7.55. The van der Waals surface area contributed by atoms with Crippen molar-refractivity contribution in [2.24, 2.45) is 5.92 Å². The molecule has 0 bridgehead atoms. The topological polar surface area (TPSA) is 32.8 Å². The van der Waals surface area contributed by atoms with Crippen molar-refractivity contribution in [1.29, 1.82) is 0 Å². The number of likely N-dealkylation sites (tertiary alicyclic amines) is 1. The van der Waals surface area contributed by atoms with Crippen molar-refractivity contribution in [3.8, 4) is 0 Å². The summed E-state index contributed by atoms with van der Waals surface area (Å²) in [5, 5.41) is 0. The molecule has 3 atom stereocenters. The van der Waals surface area contributed by atoms with Crippen molar-refractivity contribution in [2.45, 2.75) is 50.9 Å². The number of methoxy groups -OCH3 is 1. The van der Waals surface area contributed by atoms with E-state index in [1.54, 1.807) is 6.92 Å². The third-order valence-corrected chi connectivity index (χ3v) is 7.55. The molecule has 2 aromatic rings. The Morgan fingerprint density at radius 1 is 1.13 bits per heavy atom. The second-order valence-electron chi connectivity index (χ2n) is 10.3. The van der Waals surface area contributed by atoms with E-state index in [-0.39, 0.29) is 17.9 Å². The number of carbonyl (C=O) groups excluding carboxylic acids is 1. The first-order valence-corrected chi connectivity index (χ1v) is 12.8.